The van der Waals surface area contributed by atoms with E-state index in [0.29, 0.717) is 10.2 Å². The van der Waals surface area contributed by atoms with Crippen LogP contribution in [0.25, 0.3) is 0 Å². The van der Waals surface area contributed by atoms with E-state index in [1.807, 2.05) is 0 Å². The molecule has 2 rings (SSSR count). The fourth-order valence-electron chi connectivity index (χ4n) is 1.48. The molecule has 1 amide bonds. The maximum absolute atomic E-state index is 12.0. The number of aromatic nitrogens is 1. The minimum atomic E-state index is -1.03. The highest BCUT2D eigenvalue weighted by molar-refractivity contribution is 9.10. The highest BCUT2D eigenvalue weighted by Crippen LogP contribution is 2.19. The summed E-state index contributed by atoms with van der Waals surface area (Å²) in [6.07, 6.45) is 1.49. The number of rotatable bonds is 3. The number of hydrogen-bond acceptors (Lipinski definition) is 3. The Balaban J connectivity index is 2.19. The minimum absolute atomic E-state index is 0.0906. The zero-order valence-electron chi connectivity index (χ0n) is 9.93. The number of carbonyl (C=O) groups excluding carboxylic acids is 1. The van der Waals surface area contributed by atoms with E-state index >= 15 is 0 Å². The second kappa shape index (κ2) is 6.02. The molecule has 0 atom stereocenters. The van der Waals surface area contributed by atoms with Crippen molar-refractivity contribution in [1.82, 2.24) is 4.98 Å². The van der Waals surface area contributed by atoms with E-state index in [1.54, 1.807) is 6.07 Å². The largest absolute Gasteiger partial charge is 0.478 e. The zero-order valence-corrected chi connectivity index (χ0v) is 12.3. The van der Waals surface area contributed by atoms with Gasteiger partial charge in [-0.3, -0.25) is 4.79 Å². The molecule has 0 spiro atoms. The van der Waals surface area contributed by atoms with Crippen molar-refractivity contribution in [2.75, 3.05) is 5.32 Å². The number of pyridine rings is 1. The fraction of sp³-hybridized carbons (Fsp3) is 0. The molecule has 0 aliphatic carbocycles. The van der Waals surface area contributed by atoms with Crippen molar-refractivity contribution in [2.45, 2.75) is 0 Å². The Morgan fingerprint density at radius 3 is 2.50 bits per heavy atom. The summed E-state index contributed by atoms with van der Waals surface area (Å²) in [6, 6.07) is 7.36. The SMILES string of the molecule is O=C(O)c1ccc(NC(=O)c2cc(Br)cnc2Cl)cc1. The number of carbonyl (C=O) groups is 2. The summed E-state index contributed by atoms with van der Waals surface area (Å²) in [5, 5.41) is 11.5. The molecular weight excluding hydrogens is 348 g/mol. The summed E-state index contributed by atoms with van der Waals surface area (Å²) in [5.74, 6) is -1.45. The lowest BCUT2D eigenvalue weighted by Gasteiger charge is -2.07. The van der Waals surface area contributed by atoms with Gasteiger partial charge in [-0.25, -0.2) is 9.78 Å². The molecule has 2 aromatic rings. The van der Waals surface area contributed by atoms with Crippen molar-refractivity contribution in [1.29, 1.82) is 0 Å². The normalized spacial score (nSPS) is 10.1. The Hall–Kier alpha value is -1.92. The highest BCUT2D eigenvalue weighted by atomic mass is 79.9. The Morgan fingerprint density at radius 1 is 1.25 bits per heavy atom. The molecule has 1 aromatic heterocycles. The van der Waals surface area contributed by atoms with Crippen LogP contribution in [0.1, 0.15) is 20.7 Å². The monoisotopic (exact) mass is 354 g/mol. The van der Waals surface area contributed by atoms with Crippen LogP contribution >= 0.6 is 27.5 Å². The Kier molecular flexibility index (Phi) is 4.36. The van der Waals surface area contributed by atoms with Crippen molar-refractivity contribution in [3.63, 3.8) is 0 Å². The third-order valence-corrected chi connectivity index (χ3v) is 3.17. The molecule has 1 aromatic carbocycles. The van der Waals surface area contributed by atoms with Gasteiger partial charge in [0.2, 0.25) is 0 Å². The summed E-state index contributed by atoms with van der Waals surface area (Å²) < 4.78 is 0.633. The average molecular weight is 356 g/mol. The molecule has 7 heteroatoms. The smallest absolute Gasteiger partial charge is 0.335 e. The molecule has 0 saturated heterocycles. The van der Waals surface area contributed by atoms with Crippen LogP contribution in [0.2, 0.25) is 5.15 Å². The van der Waals surface area contributed by atoms with Gasteiger partial charge < -0.3 is 10.4 Å². The van der Waals surface area contributed by atoms with Crippen LogP contribution in [0.15, 0.2) is 41.0 Å². The third kappa shape index (κ3) is 3.34. The average Bonchev–Trinajstić information content (AvgIpc) is 2.42. The number of nitrogens with one attached hydrogen (secondary N) is 1. The summed E-state index contributed by atoms with van der Waals surface area (Å²) >= 11 is 9.06. The Bertz CT molecular complexity index is 674. The second-order valence-electron chi connectivity index (χ2n) is 3.83. The van der Waals surface area contributed by atoms with E-state index in [9.17, 15) is 9.59 Å². The number of hydrogen-bond donors (Lipinski definition) is 2. The molecule has 1 heterocycles. The Labute approximate surface area is 127 Å². The predicted octanol–water partition coefficient (Wildman–Crippen LogP) is 3.45. The molecule has 0 saturated carbocycles. The molecule has 5 nitrogen and oxygen atoms in total. The van der Waals surface area contributed by atoms with Crippen molar-refractivity contribution in [3.8, 4) is 0 Å². The van der Waals surface area contributed by atoms with Gasteiger partial charge in [0.1, 0.15) is 5.15 Å². The summed E-state index contributed by atoms with van der Waals surface area (Å²) in [5.41, 5.74) is 0.838. The van der Waals surface area contributed by atoms with E-state index in [2.05, 4.69) is 26.2 Å². The number of nitrogens with zero attached hydrogens (tertiary/aromatic N) is 1. The van der Waals surface area contributed by atoms with Gasteiger partial charge in [-0.05, 0) is 46.3 Å². The molecule has 0 fully saturated rings. The van der Waals surface area contributed by atoms with E-state index in [-0.39, 0.29) is 16.3 Å². The number of aromatic carboxylic acids is 1. The highest BCUT2D eigenvalue weighted by Gasteiger charge is 2.12. The van der Waals surface area contributed by atoms with Crippen molar-refractivity contribution >= 4 is 45.1 Å². The van der Waals surface area contributed by atoms with Crippen LogP contribution in [0.4, 0.5) is 5.69 Å². The summed E-state index contributed by atoms with van der Waals surface area (Å²) in [6.45, 7) is 0. The van der Waals surface area contributed by atoms with Crippen LogP contribution in [-0.4, -0.2) is 22.0 Å². The standard InChI is InChI=1S/C13H8BrClN2O3/c14-8-5-10(11(15)16-6-8)12(18)17-9-3-1-7(2-4-9)13(19)20/h1-6H,(H,17,18)(H,19,20). The van der Waals surface area contributed by atoms with E-state index in [4.69, 9.17) is 16.7 Å². The first-order valence-corrected chi connectivity index (χ1v) is 6.60. The van der Waals surface area contributed by atoms with Gasteiger partial charge in [0.15, 0.2) is 0 Å². The first kappa shape index (κ1) is 14.5. The Morgan fingerprint density at radius 2 is 1.90 bits per heavy atom. The van der Waals surface area contributed by atoms with Crippen LogP contribution < -0.4 is 5.32 Å². The molecule has 102 valence electrons. The number of amides is 1. The number of halogens is 2. The molecule has 0 bridgehead atoms. The number of benzene rings is 1. The molecule has 0 aliphatic rings. The quantitative estimate of drug-likeness (QED) is 0.827. The number of anilines is 1. The topological polar surface area (TPSA) is 79.3 Å². The van der Waals surface area contributed by atoms with Gasteiger partial charge >= 0.3 is 5.97 Å². The van der Waals surface area contributed by atoms with Crippen LogP contribution in [-0.2, 0) is 0 Å². The number of carboxylic acids is 1. The van der Waals surface area contributed by atoms with Crippen molar-refractivity contribution < 1.29 is 14.7 Å². The zero-order chi connectivity index (χ0) is 14.7. The lowest BCUT2D eigenvalue weighted by atomic mass is 10.2. The van der Waals surface area contributed by atoms with Gasteiger partial charge in [-0.1, -0.05) is 11.6 Å². The molecular formula is C13H8BrClN2O3. The lowest BCUT2D eigenvalue weighted by molar-refractivity contribution is 0.0696. The van der Waals surface area contributed by atoms with Gasteiger partial charge in [0.05, 0.1) is 11.1 Å². The van der Waals surface area contributed by atoms with Gasteiger partial charge in [-0.2, -0.15) is 0 Å². The van der Waals surface area contributed by atoms with Gasteiger partial charge in [-0.15, -0.1) is 0 Å². The lowest BCUT2D eigenvalue weighted by Crippen LogP contribution is -2.13. The van der Waals surface area contributed by atoms with Crippen LogP contribution in [0, 0.1) is 0 Å². The first-order chi connectivity index (χ1) is 9.47. The molecule has 20 heavy (non-hydrogen) atoms. The second-order valence-corrected chi connectivity index (χ2v) is 5.10. The van der Waals surface area contributed by atoms with E-state index < -0.39 is 11.9 Å². The van der Waals surface area contributed by atoms with E-state index in [0.717, 1.165) is 0 Å². The molecule has 0 radical (unpaired) electrons. The molecule has 0 unspecified atom stereocenters. The minimum Gasteiger partial charge on any atom is -0.478 e. The molecule has 2 N–H and O–H groups in total. The van der Waals surface area contributed by atoms with E-state index in [1.165, 1.54) is 30.5 Å². The summed E-state index contributed by atoms with van der Waals surface area (Å²) in [7, 11) is 0. The van der Waals surface area contributed by atoms with Crippen LogP contribution in [0.5, 0.6) is 0 Å². The van der Waals surface area contributed by atoms with Crippen LogP contribution in [0.3, 0.4) is 0 Å². The maximum atomic E-state index is 12.0. The summed E-state index contributed by atoms with van der Waals surface area (Å²) in [4.78, 5) is 26.6. The van der Waals surface area contributed by atoms with Gasteiger partial charge in [0, 0.05) is 16.4 Å². The van der Waals surface area contributed by atoms with Crippen molar-refractivity contribution in [2.24, 2.45) is 0 Å². The van der Waals surface area contributed by atoms with Crippen molar-refractivity contribution in [3.05, 3.63) is 57.3 Å². The fourth-order valence-corrected chi connectivity index (χ4v) is 2.00. The predicted molar refractivity (Wildman–Crippen MR) is 78.3 cm³/mol. The first-order valence-electron chi connectivity index (χ1n) is 5.43. The molecule has 0 aliphatic heterocycles. The number of carboxylic acid groups (broad SMARTS) is 1. The maximum Gasteiger partial charge on any atom is 0.335 e. The third-order valence-electron chi connectivity index (χ3n) is 2.44. The van der Waals surface area contributed by atoms with Gasteiger partial charge in [0.25, 0.3) is 5.91 Å².